The number of hydrogen-bond donors (Lipinski definition) is 1. The molecule has 3 nitrogen and oxygen atoms in total. The average Bonchev–Trinajstić information content (AvgIpc) is 2.59. The minimum absolute atomic E-state index is 0. The molecular formula is C11H20ClN3S. The van der Waals surface area contributed by atoms with Crippen LogP contribution in [0.25, 0.3) is 0 Å². The quantitative estimate of drug-likeness (QED) is 0.899. The van der Waals surface area contributed by atoms with Gasteiger partial charge in [0.25, 0.3) is 0 Å². The Balaban J connectivity index is 0.00000128. The summed E-state index contributed by atoms with van der Waals surface area (Å²) in [4.78, 5) is 8.47. The van der Waals surface area contributed by atoms with Gasteiger partial charge in [-0.3, -0.25) is 4.90 Å². The number of nitrogens with zero attached hydrogens (tertiary/aromatic N) is 2. The Morgan fingerprint density at radius 1 is 1.38 bits per heavy atom. The Hall–Kier alpha value is -0.160. The van der Waals surface area contributed by atoms with E-state index >= 15 is 0 Å². The van der Waals surface area contributed by atoms with Gasteiger partial charge in [0.1, 0.15) is 5.01 Å². The lowest BCUT2D eigenvalue weighted by Gasteiger charge is -2.12. The fourth-order valence-electron chi connectivity index (χ4n) is 2.00. The van der Waals surface area contributed by atoms with Crippen LogP contribution in [0.2, 0.25) is 0 Å². The Labute approximate surface area is 107 Å². The summed E-state index contributed by atoms with van der Waals surface area (Å²) in [6, 6.07) is 0. The predicted octanol–water partition coefficient (Wildman–Crippen LogP) is 1.83. The monoisotopic (exact) mass is 261 g/mol. The van der Waals surface area contributed by atoms with Gasteiger partial charge in [-0.1, -0.05) is 0 Å². The van der Waals surface area contributed by atoms with Gasteiger partial charge in [-0.05, 0) is 32.7 Å². The molecule has 1 aliphatic rings. The second-order valence-corrected chi connectivity index (χ2v) is 5.38. The van der Waals surface area contributed by atoms with E-state index in [1.165, 1.54) is 41.3 Å². The van der Waals surface area contributed by atoms with Gasteiger partial charge in [-0.25, -0.2) is 4.98 Å². The van der Waals surface area contributed by atoms with Gasteiger partial charge < -0.3 is 5.73 Å². The molecule has 5 heteroatoms. The van der Waals surface area contributed by atoms with Crippen molar-refractivity contribution in [2.24, 2.45) is 5.73 Å². The van der Waals surface area contributed by atoms with Crippen molar-refractivity contribution in [1.82, 2.24) is 9.88 Å². The number of hydrogen-bond acceptors (Lipinski definition) is 4. The number of rotatable bonds is 4. The van der Waals surface area contributed by atoms with Crippen molar-refractivity contribution in [3.05, 3.63) is 15.6 Å². The van der Waals surface area contributed by atoms with Crippen molar-refractivity contribution in [1.29, 1.82) is 0 Å². The molecule has 2 N–H and O–H groups in total. The molecule has 0 unspecified atom stereocenters. The van der Waals surface area contributed by atoms with E-state index in [1.54, 1.807) is 0 Å². The molecule has 0 fully saturated rings. The molecule has 0 amide bonds. The minimum atomic E-state index is 0. The second-order valence-electron chi connectivity index (χ2n) is 4.21. The first kappa shape index (κ1) is 13.9. The molecule has 16 heavy (non-hydrogen) atoms. The third-order valence-corrected chi connectivity index (χ3v) is 3.95. The zero-order chi connectivity index (χ0) is 10.7. The summed E-state index contributed by atoms with van der Waals surface area (Å²) < 4.78 is 0. The van der Waals surface area contributed by atoms with Gasteiger partial charge >= 0.3 is 0 Å². The maximum absolute atomic E-state index is 5.52. The third-order valence-electron chi connectivity index (χ3n) is 2.81. The Morgan fingerprint density at radius 3 is 2.81 bits per heavy atom. The lowest BCUT2D eigenvalue weighted by Crippen LogP contribution is -2.24. The molecule has 1 aromatic heterocycles. The number of aryl methyl sites for hydroxylation is 2. The molecule has 0 bridgehead atoms. The third kappa shape index (κ3) is 3.42. The first-order valence-corrected chi connectivity index (χ1v) is 6.47. The van der Waals surface area contributed by atoms with Gasteiger partial charge in [0, 0.05) is 18.0 Å². The van der Waals surface area contributed by atoms with Crippen molar-refractivity contribution >= 4 is 23.7 Å². The normalized spacial score (nSPS) is 14.7. The molecule has 0 spiro atoms. The van der Waals surface area contributed by atoms with Crippen LogP contribution in [0.4, 0.5) is 0 Å². The van der Waals surface area contributed by atoms with Crippen LogP contribution < -0.4 is 5.73 Å². The minimum Gasteiger partial charge on any atom is -0.329 e. The molecular weight excluding hydrogens is 242 g/mol. The largest absolute Gasteiger partial charge is 0.329 e. The first-order chi connectivity index (χ1) is 7.29. The predicted molar refractivity (Wildman–Crippen MR) is 71.4 cm³/mol. The van der Waals surface area contributed by atoms with Crippen molar-refractivity contribution in [2.45, 2.75) is 32.2 Å². The number of halogens is 1. The lowest BCUT2D eigenvalue weighted by molar-refractivity contribution is 0.335. The van der Waals surface area contributed by atoms with E-state index in [0.717, 1.165) is 19.6 Å². The van der Waals surface area contributed by atoms with E-state index in [1.807, 2.05) is 11.3 Å². The molecule has 0 saturated carbocycles. The van der Waals surface area contributed by atoms with E-state index < -0.39 is 0 Å². The van der Waals surface area contributed by atoms with Crippen molar-refractivity contribution in [3.8, 4) is 0 Å². The summed E-state index contributed by atoms with van der Waals surface area (Å²) in [7, 11) is 2.10. The summed E-state index contributed by atoms with van der Waals surface area (Å²) in [5, 5.41) is 1.26. The molecule has 0 saturated heterocycles. The topological polar surface area (TPSA) is 42.1 Å². The molecule has 0 aliphatic heterocycles. The zero-order valence-corrected chi connectivity index (χ0v) is 11.4. The van der Waals surface area contributed by atoms with Crippen LogP contribution in [0, 0.1) is 0 Å². The number of fused-ring (bicyclic) bond motifs is 1. The number of likely N-dealkylation sites (N-methyl/N-ethyl adjacent to an activating group) is 1. The average molecular weight is 262 g/mol. The highest BCUT2D eigenvalue weighted by molar-refractivity contribution is 7.11. The van der Waals surface area contributed by atoms with Crippen molar-refractivity contribution < 1.29 is 0 Å². The molecule has 92 valence electrons. The van der Waals surface area contributed by atoms with Crippen molar-refractivity contribution in [2.75, 3.05) is 20.1 Å². The maximum atomic E-state index is 5.52. The molecule has 0 atom stereocenters. The summed E-state index contributed by atoms with van der Waals surface area (Å²) in [6.07, 6.45) is 5.09. The second kappa shape index (κ2) is 6.55. The number of aromatic nitrogens is 1. The highest BCUT2D eigenvalue weighted by atomic mass is 35.5. The van der Waals surface area contributed by atoms with E-state index in [-0.39, 0.29) is 12.4 Å². The highest BCUT2D eigenvalue weighted by Crippen LogP contribution is 2.27. The summed E-state index contributed by atoms with van der Waals surface area (Å²) in [5.41, 5.74) is 6.89. The van der Waals surface area contributed by atoms with Crippen LogP contribution in [-0.2, 0) is 19.4 Å². The van der Waals surface area contributed by atoms with E-state index in [4.69, 9.17) is 10.7 Å². The first-order valence-electron chi connectivity index (χ1n) is 5.65. The lowest BCUT2D eigenvalue weighted by atomic mass is 10.0. The van der Waals surface area contributed by atoms with Gasteiger partial charge in [0.15, 0.2) is 0 Å². The molecule has 1 aromatic rings. The molecule has 0 aromatic carbocycles. The van der Waals surface area contributed by atoms with Crippen LogP contribution in [0.5, 0.6) is 0 Å². The van der Waals surface area contributed by atoms with Gasteiger partial charge in [0.2, 0.25) is 0 Å². The molecule has 0 radical (unpaired) electrons. The summed E-state index contributed by atoms with van der Waals surface area (Å²) in [6.45, 7) is 2.63. The van der Waals surface area contributed by atoms with Gasteiger partial charge in [-0.2, -0.15) is 0 Å². The Bertz CT molecular complexity index is 304. The summed E-state index contributed by atoms with van der Waals surface area (Å²) >= 11 is 1.90. The fraction of sp³-hybridized carbons (Fsp3) is 0.727. The number of thiazole rings is 1. The number of nitrogens with two attached hydrogens (primary N) is 1. The SMILES string of the molecule is CN(CCN)Cc1nc2c(s1)CCCC2.Cl. The van der Waals surface area contributed by atoms with Crippen molar-refractivity contribution in [3.63, 3.8) is 0 Å². The van der Waals surface area contributed by atoms with Crippen LogP contribution in [-0.4, -0.2) is 30.0 Å². The Morgan fingerprint density at radius 2 is 2.12 bits per heavy atom. The van der Waals surface area contributed by atoms with E-state index in [2.05, 4.69) is 11.9 Å². The van der Waals surface area contributed by atoms with Crippen LogP contribution in [0.1, 0.15) is 28.4 Å². The Kier molecular flexibility index (Phi) is 5.69. The van der Waals surface area contributed by atoms with Gasteiger partial charge in [-0.15, -0.1) is 23.7 Å². The maximum Gasteiger partial charge on any atom is 0.107 e. The molecule has 1 heterocycles. The van der Waals surface area contributed by atoms with Gasteiger partial charge in [0.05, 0.1) is 12.2 Å². The highest BCUT2D eigenvalue weighted by Gasteiger charge is 2.15. The fourth-order valence-corrected chi connectivity index (χ4v) is 3.24. The van der Waals surface area contributed by atoms with Crippen LogP contribution in [0.15, 0.2) is 0 Å². The zero-order valence-electron chi connectivity index (χ0n) is 9.74. The van der Waals surface area contributed by atoms with Crippen LogP contribution in [0.3, 0.4) is 0 Å². The smallest absolute Gasteiger partial charge is 0.107 e. The standard InChI is InChI=1S/C11H19N3S.ClH/c1-14(7-6-12)8-11-13-9-4-2-3-5-10(9)15-11;/h2-8,12H2,1H3;1H. The van der Waals surface area contributed by atoms with E-state index in [0.29, 0.717) is 0 Å². The molecule has 2 rings (SSSR count). The summed E-state index contributed by atoms with van der Waals surface area (Å²) in [5.74, 6) is 0. The molecule has 1 aliphatic carbocycles. The van der Waals surface area contributed by atoms with Crippen LogP contribution >= 0.6 is 23.7 Å². The van der Waals surface area contributed by atoms with E-state index in [9.17, 15) is 0 Å².